The highest BCUT2D eigenvalue weighted by atomic mass is 19.4. The molecule has 218 valence electrons. The Kier molecular flexibility index (Phi) is 9.36. The largest absolute Gasteiger partial charge is 0.462 e. The van der Waals surface area contributed by atoms with Gasteiger partial charge in [0.1, 0.15) is 17.5 Å². The van der Waals surface area contributed by atoms with Gasteiger partial charge in [-0.2, -0.15) is 13.2 Å². The van der Waals surface area contributed by atoms with Gasteiger partial charge in [0, 0.05) is 29.9 Å². The fourth-order valence-corrected chi connectivity index (χ4v) is 4.20. The lowest BCUT2D eigenvalue weighted by Gasteiger charge is -2.30. The molecule has 2 aromatic rings. The van der Waals surface area contributed by atoms with Crippen LogP contribution in [0, 0.1) is 5.82 Å². The number of aromatic nitrogens is 2. The van der Waals surface area contributed by atoms with E-state index >= 15 is 0 Å². The number of nitrogens with zero attached hydrogens (tertiary/aromatic N) is 3. The topological polar surface area (TPSA) is 111 Å². The number of halogens is 4. The number of pyridine rings is 2. The van der Waals surface area contributed by atoms with Gasteiger partial charge in [0.05, 0.1) is 24.1 Å². The summed E-state index contributed by atoms with van der Waals surface area (Å²) < 4.78 is 65.3. The number of hydrogen-bond acceptors (Lipinski definition) is 7. The number of nitrogens with one attached hydrogen (secondary N) is 1. The summed E-state index contributed by atoms with van der Waals surface area (Å²) in [6, 6.07) is 1.13. The SMILES string of the molecule is CCCOC(=O)c1cc(-c2cc(CNC(=O)C3CCC(C)N3C(=O)OC(C)(C)C)c(F)cn2)cnc1C(F)(F)F. The summed E-state index contributed by atoms with van der Waals surface area (Å²) in [5, 5.41) is 2.62. The van der Waals surface area contributed by atoms with E-state index in [4.69, 9.17) is 9.47 Å². The van der Waals surface area contributed by atoms with Crippen LogP contribution in [0.3, 0.4) is 0 Å². The van der Waals surface area contributed by atoms with E-state index in [2.05, 4.69) is 15.3 Å². The zero-order chi connectivity index (χ0) is 29.8. The van der Waals surface area contributed by atoms with Gasteiger partial charge >= 0.3 is 18.2 Å². The van der Waals surface area contributed by atoms with Crippen molar-refractivity contribution in [3.8, 4) is 11.3 Å². The number of amides is 2. The first-order chi connectivity index (χ1) is 18.6. The second kappa shape index (κ2) is 12.2. The minimum absolute atomic E-state index is 0.0109. The minimum Gasteiger partial charge on any atom is -0.462 e. The maximum absolute atomic E-state index is 14.6. The van der Waals surface area contributed by atoms with Crippen LogP contribution in [0.4, 0.5) is 22.4 Å². The Bertz CT molecular complexity index is 1260. The van der Waals surface area contributed by atoms with E-state index in [0.29, 0.717) is 19.3 Å². The van der Waals surface area contributed by atoms with Gasteiger partial charge in [-0.3, -0.25) is 19.7 Å². The van der Waals surface area contributed by atoms with Gasteiger partial charge in [0.2, 0.25) is 5.91 Å². The highest BCUT2D eigenvalue weighted by Crippen LogP contribution is 2.33. The molecule has 0 spiro atoms. The fourth-order valence-electron chi connectivity index (χ4n) is 4.20. The Labute approximate surface area is 229 Å². The molecule has 1 N–H and O–H groups in total. The summed E-state index contributed by atoms with van der Waals surface area (Å²) in [6.07, 6.45) is -2.42. The molecule has 1 fully saturated rings. The van der Waals surface area contributed by atoms with E-state index in [0.717, 1.165) is 18.5 Å². The van der Waals surface area contributed by atoms with Crippen LogP contribution in [0.15, 0.2) is 24.5 Å². The van der Waals surface area contributed by atoms with Crippen molar-refractivity contribution >= 4 is 18.0 Å². The molecule has 13 heteroatoms. The standard InChI is InChI=1S/C27H32F4N4O5/c1-6-9-39-24(37)18-10-17(13-33-22(18)27(29,30)31)20-11-16(19(28)14-32-20)12-34-23(36)21-8-7-15(2)35(21)25(38)40-26(3,4)5/h10-11,13-15,21H,6-9,12H2,1-5H3,(H,34,36). The summed E-state index contributed by atoms with van der Waals surface area (Å²) in [6.45, 7) is 8.28. The zero-order valence-electron chi connectivity index (χ0n) is 22.9. The summed E-state index contributed by atoms with van der Waals surface area (Å²) in [5.41, 5.74) is -2.92. The van der Waals surface area contributed by atoms with Crippen molar-refractivity contribution < 1.29 is 41.4 Å². The molecule has 2 aromatic heterocycles. The van der Waals surface area contributed by atoms with Crippen LogP contribution in [-0.4, -0.2) is 57.1 Å². The lowest BCUT2D eigenvalue weighted by Crippen LogP contribution is -2.49. The van der Waals surface area contributed by atoms with Crippen molar-refractivity contribution in [1.82, 2.24) is 20.2 Å². The van der Waals surface area contributed by atoms with E-state index in [-0.39, 0.29) is 36.0 Å². The number of alkyl halides is 3. The minimum atomic E-state index is -4.91. The Morgan fingerprint density at radius 2 is 1.80 bits per heavy atom. The molecule has 0 saturated carbocycles. The van der Waals surface area contributed by atoms with E-state index in [1.807, 2.05) is 0 Å². The van der Waals surface area contributed by atoms with Gasteiger partial charge in [-0.05, 0) is 59.1 Å². The summed E-state index contributed by atoms with van der Waals surface area (Å²) in [4.78, 5) is 46.7. The smallest absolute Gasteiger partial charge is 0.434 e. The summed E-state index contributed by atoms with van der Waals surface area (Å²) >= 11 is 0. The number of likely N-dealkylation sites (tertiary alicyclic amines) is 1. The second-order valence-corrected chi connectivity index (χ2v) is 10.5. The van der Waals surface area contributed by atoms with Gasteiger partial charge in [-0.15, -0.1) is 0 Å². The van der Waals surface area contributed by atoms with Crippen molar-refractivity contribution in [2.45, 2.75) is 84.3 Å². The predicted octanol–water partition coefficient (Wildman–Crippen LogP) is 5.27. The van der Waals surface area contributed by atoms with Crippen LogP contribution < -0.4 is 5.32 Å². The van der Waals surface area contributed by atoms with Gasteiger partial charge < -0.3 is 14.8 Å². The van der Waals surface area contributed by atoms with Gasteiger partial charge in [-0.25, -0.2) is 14.0 Å². The maximum atomic E-state index is 14.6. The van der Waals surface area contributed by atoms with Crippen LogP contribution in [0.1, 0.15) is 75.5 Å². The van der Waals surface area contributed by atoms with Crippen molar-refractivity contribution in [3.63, 3.8) is 0 Å². The van der Waals surface area contributed by atoms with Crippen molar-refractivity contribution in [2.75, 3.05) is 6.61 Å². The number of ether oxygens (including phenoxy) is 2. The number of carbonyl (C=O) groups is 3. The molecule has 1 saturated heterocycles. The highest BCUT2D eigenvalue weighted by Gasteiger charge is 2.41. The molecule has 0 bridgehead atoms. The number of hydrogen-bond donors (Lipinski definition) is 1. The van der Waals surface area contributed by atoms with Crippen LogP contribution in [0.2, 0.25) is 0 Å². The lowest BCUT2D eigenvalue weighted by molar-refractivity contribution is -0.141. The predicted molar refractivity (Wildman–Crippen MR) is 135 cm³/mol. The third-order valence-electron chi connectivity index (χ3n) is 6.07. The van der Waals surface area contributed by atoms with E-state index < -0.39 is 52.9 Å². The Hall–Kier alpha value is -3.77. The maximum Gasteiger partial charge on any atom is 0.434 e. The summed E-state index contributed by atoms with van der Waals surface area (Å²) in [5.74, 6) is -2.47. The van der Waals surface area contributed by atoms with Crippen molar-refractivity contribution in [1.29, 1.82) is 0 Å². The first-order valence-electron chi connectivity index (χ1n) is 12.8. The van der Waals surface area contributed by atoms with Crippen LogP contribution in [-0.2, 0) is 27.0 Å². The third-order valence-corrected chi connectivity index (χ3v) is 6.07. The Balaban J connectivity index is 1.82. The molecule has 1 aliphatic rings. The molecule has 3 rings (SSSR count). The third kappa shape index (κ3) is 7.45. The van der Waals surface area contributed by atoms with Crippen LogP contribution >= 0.6 is 0 Å². The molecule has 0 radical (unpaired) electrons. The molecule has 2 atom stereocenters. The van der Waals surface area contributed by atoms with Crippen LogP contribution in [0.5, 0.6) is 0 Å². The number of esters is 1. The number of carbonyl (C=O) groups excluding carboxylic acids is 3. The van der Waals surface area contributed by atoms with Gasteiger partial charge in [0.15, 0.2) is 5.69 Å². The van der Waals surface area contributed by atoms with Gasteiger partial charge in [-0.1, -0.05) is 6.92 Å². The summed E-state index contributed by atoms with van der Waals surface area (Å²) in [7, 11) is 0. The lowest BCUT2D eigenvalue weighted by atomic mass is 10.1. The molecule has 0 aromatic carbocycles. The zero-order valence-corrected chi connectivity index (χ0v) is 22.9. The average Bonchev–Trinajstić information content (AvgIpc) is 3.26. The van der Waals surface area contributed by atoms with Crippen molar-refractivity contribution in [2.24, 2.45) is 0 Å². The highest BCUT2D eigenvalue weighted by molar-refractivity contribution is 5.92. The molecule has 40 heavy (non-hydrogen) atoms. The molecule has 3 heterocycles. The Morgan fingerprint density at radius 1 is 1.10 bits per heavy atom. The normalized spacial score (nSPS) is 17.5. The monoisotopic (exact) mass is 568 g/mol. The first-order valence-corrected chi connectivity index (χ1v) is 12.8. The van der Waals surface area contributed by atoms with Gasteiger partial charge in [0.25, 0.3) is 0 Å². The van der Waals surface area contributed by atoms with Crippen molar-refractivity contribution in [3.05, 3.63) is 47.2 Å². The first kappa shape index (κ1) is 30.8. The molecule has 2 amide bonds. The molecule has 0 aliphatic carbocycles. The van der Waals surface area contributed by atoms with E-state index in [1.165, 1.54) is 11.0 Å². The van der Waals surface area contributed by atoms with E-state index in [9.17, 15) is 31.9 Å². The Morgan fingerprint density at radius 3 is 2.42 bits per heavy atom. The fraction of sp³-hybridized carbons (Fsp3) is 0.519. The second-order valence-electron chi connectivity index (χ2n) is 10.5. The molecular weight excluding hydrogens is 536 g/mol. The molecule has 9 nitrogen and oxygen atoms in total. The van der Waals surface area contributed by atoms with Crippen LogP contribution in [0.25, 0.3) is 11.3 Å². The average molecular weight is 569 g/mol. The van der Waals surface area contributed by atoms with E-state index in [1.54, 1.807) is 34.6 Å². The molecule has 1 aliphatic heterocycles. The molecule has 2 unspecified atom stereocenters. The molecular formula is C27H32F4N4O5. The quantitative estimate of drug-likeness (QED) is 0.358. The number of rotatable bonds is 7.